The molecular formula is C16H29N5O2. The molecule has 1 aromatic heterocycles. The number of rotatable bonds is 6. The molecule has 7 nitrogen and oxygen atoms in total. The number of carbonyl (C=O) groups excluding carboxylic acids is 1. The third kappa shape index (κ3) is 4.43. The molecule has 23 heavy (non-hydrogen) atoms. The van der Waals surface area contributed by atoms with Crippen molar-refractivity contribution >= 4 is 6.09 Å². The van der Waals surface area contributed by atoms with E-state index in [1.165, 1.54) is 0 Å². The van der Waals surface area contributed by atoms with Crippen LogP contribution in [0.1, 0.15) is 50.7 Å². The molecule has 0 saturated carbocycles. The fraction of sp³-hybridized carbons (Fsp3) is 0.812. The zero-order valence-corrected chi connectivity index (χ0v) is 14.8. The molecule has 1 saturated heterocycles. The molecular weight excluding hydrogens is 294 g/mol. The van der Waals surface area contributed by atoms with Crippen LogP contribution >= 0.6 is 0 Å². The summed E-state index contributed by atoms with van der Waals surface area (Å²) < 4.78 is 7.43. The maximum atomic E-state index is 11.9. The molecule has 7 heteroatoms. The Morgan fingerprint density at radius 1 is 1.26 bits per heavy atom. The second-order valence-electron chi connectivity index (χ2n) is 6.33. The Morgan fingerprint density at radius 3 is 2.52 bits per heavy atom. The molecule has 0 atom stereocenters. The number of likely N-dealkylation sites (tertiary alicyclic amines) is 1. The molecule has 0 unspecified atom stereocenters. The van der Waals surface area contributed by atoms with Crippen molar-refractivity contribution in [1.29, 1.82) is 0 Å². The predicted octanol–water partition coefficient (Wildman–Crippen LogP) is 2.09. The Morgan fingerprint density at radius 2 is 1.96 bits per heavy atom. The van der Waals surface area contributed by atoms with Gasteiger partial charge in [-0.25, -0.2) is 4.79 Å². The van der Waals surface area contributed by atoms with Gasteiger partial charge in [0.2, 0.25) is 0 Å². The van der Waals surface area contributed by atoms with Crippen molar-refractivity contribution in [3.8, 4) is 0 Å². The molecule has 130 valence electrons. The van der Waals surface area contributed by atoms with Crippen LogP contribution in [0.15, 0.2) is 0 Å². The van der Waals surface area contributed by atoms with E-state index in [4.69, 9.17) is 4.74 Å². The summed E-state index contributed by atoms with van der Waals surface area (Å²) in [5.41, 5.74) is 0. The average Bonchev–Trinajstić information content (AvgIpc) is 2.94. The number of nitrogens with zero attached hydrogens (tertiary/aromatic N) is 5. The maximum Gasteiger partial charge on any atom is 0.409 e. The van der Waals surface area contributed by atoms with Crippen LogP contribution in [0.4, 0.5) is 4.79 Å². The molecule has 0 bridgehead atoms. The monoisotopic (exact) mass is 323 g/mol. The smallest absolute Gasteiger partial charge is 0.409 e. The summed E-state index contributed by atoms with van der Waals surface area (Å²) in [4.78, 5) is 15.8. The molecule has 1 amide bonds. The van der Waals surface area contributed by atoms with Crippen LogP contribution in [0, 0.1) is 0 Å². The average molecular weight is 323 g/mol. The molecule has 2 heterocycles. The zero-order chi connectivity index (χ0) is 16.8. The summed E-state index contributed by atoms with van der Waals surface area (Å²) in [6, 6.07) is 0. The van der Waals surface area contributed by atoms with E-state index < -0.39 is 0 Å². The van der Waals surface area contributed by atoms with Crippen LogP contribution in [-0.2, 0) is 17.8 Å². The number of carbonyl (C=O) groups is 1. The van der Waals surface area contributed by atoms with Crippen LogP contribution in [0.25, 0.3) is 0 Å². The third-order valence-corrected chi connectivity index (χ3v) is 4.18. The van der Waals surface area contributed by atoms with Crippen molar-refractivity contribution in [2.75, 3.05) is 33.8 Å². The summed E-state index contributed by atoms with van der Waals surface area (Å²) in [7, 11) is 4.07. The van der Waals surface area contributed by atoms with E-state index >= 15 is 0 Å². The second-order valence-corrected chi connectivity index (χ2v) is 6.33. The first kappa shape index (κ1) is 17.7. The van der Waals surface area contributed by atoms with Crippen molar-refractivity contribution in [3.63, 3.8) is 0 Å². The van der Waals surface area contributed by atoms with Gasteiger partial charge in [0, 0.05) is 25.6 Å². The first-order valence-corrected chi connectivity index (χ1v) is 8.55. The molecule has 1 aromatic rings. The molecule has 2 rings (SSSR count). The van der Waals surface area contributed by atoms with Crippen LogP contribution < -0.4 is 0 Å². The Balaban J connectivity index is 1.97. The van der Waals surface area contributed by atoms with E-state index in [2.05, 4.69) is 26.6 Å². The van der Waals surface area contributed by atoms with Crippen LogP contribution in [0.3, 0.4) is 0 Å². The maximum absolute atomic E-state index is 11.9. The lowest BCUT2D eigenvalue weighted by Gasteiger charge is -2.31. The highest BCUT2D eigenvalue weighted by molar-refractivity contribution is 5.67. The van der Waals surface area contributed by atoms with Crippen LogP contribution in [-0.4, -0.2) is 64.4 Å². The topological polar surface area (TPSA) is 63.5 Å². The quantitative estimate of drug-likeness (QED) is 0.802. The molecule has 0 N–H and O–H groups in total. The van der Waals surface area contributed by atoms with Crippen molar-refractivity contribution in [2.24, 2.45) is 0 Å². The third-order valence-electron chi connectivity index (χ3n) is 4.18. The molecule has 1 aliphatic rings. The van der Waals surface area contributed by atoms with Crippen LogP contribution in [0.5, 0.6) is 0 Å². The lowest BCUT2D eigenvalue weighted by Crippen LogP contribution is -2.38. The number of amides is 1. The van der Waals surface area contributed by atoms with Crippen molar-refractivity contribution in [3.05, 3.63) is 11.6 Å². The van der Waals surface area contributed by atoms with E-state index in [0.29, 0.717) is 12.5 Å². The molecule has 1 fully saturated rings. The van der Waals surface area contributed by atoms with E-state index in [0.717, 1.165) is 57.1 Å². The number of piperidine rings is 1. The normalized spacial score (nSPS) is 16.1. The summed E-state index contributed by atoms with van der Waals surface area (Å²) in [5, 5.41) is 8.80. The standard InChI is InChI=1S/C16H29N5O2/c1-5-11-23-16(22)20-9-7-13(8-10-20)15-18-17-14(12-19(3)4)21(15)6-2/h13H,5-12H2,1-4H3. The Hall–Kier alpha value is -1.63. The minimum atomic E-state index is -0.185. The van der Waals surface area contributed by atoms with Crippen LogP contribution in [0.2, 0.25) is 0 Å². The predicted molar refractivity (Wildman–Crippen MR) is 88.3 cm³/mol. The Kier molecular flexibility index (Phi) is 6.38. The zero-order valence-electron chi connectivity index (χ0n) is 14.8. The molecule has 0 spiro atoms. The molecule has 0 radical (unpaired) electrons. The lowest BCUT2D eigenvalue weighted by atomic mass is 9.96. The first-order chi connectivity index (χ1) is 11.1. The number of hydrogen-bond donors (Lipinski definition) is 0. The van der Waals surface area contributed by atoms with Crippen molar-refractivity contribution in [2.45, 2.75) is 52.1 Å². The fourth-order valence-corrected chi connectivity index (χ4v) is 3.00. The van der Waals surface area contributed by atoms with E-state index in [1.54, 1.807) is 4.90 Å². The highest BCUT2D eigenvalue weighted by Crippen LogP contribution is 2.27. The van der Waals surface area contributed by atoms with Gasteiger partial charge in [-0.2, -0.15) is 0 Å². The van der Waals surface area contributed by atoms with E-state index in [-0.39, 0.29) is 6.09 Å². The van der Waals surface area contributed by atoms with Gasteiger partial charge in [0.1, 0.15) is 11.6 Å². The SMILES string of the molecule is CCCOC(=O)N1CCC(c2nnc(CN(C)C)n2CC)CC1. The second kappa shape index (κ2) is 8.29. The van der Waals surface area contributed by atoms with Crippen molar-refractivity contribution < 1.29 is 9.53 Å². The molecule has 1 aliphatic heterocycles. The van der Waals surface area contributed by atoms with Gasteiger partial charge in [-0.15, -0.1) is 10.2 Å². The number of aromatic nitrogens is 3. The molecule has 0 aromatic carbocycles. The first-order valence-electron chi connectivity index (χ1n) is 8.55. The summed E-state index contributed by atoms with van der Waals surface area (Å²) in [5.74, 6) is 2.44. The highest BCUT2D eigenvalue weighted by Gasteiger charge is 2.28. The minimum Gasteiger partial charge on any atom is -0.449 e. The van der Waals surface area contributed by atoms with Gasteiger partial charge in [0.05, 0.1) is 13.2 Å². The summed E-state index contributed by atoms with van der Waals surface area (Å²) in [6.07, 6.45) is 2.51. The van der Waals surface area contributed by atoms with Gasteiger partial charge in [-0.3, -0.25) is 0 Å². The van der Waals surface area contributed by atoms with Gasteiger partial charge in [0.25, 0.3) is 0 Å². The van der Waals surface area contributed by atoms with Gasteiger partial charge in [0.15, 0.2) is 0 Å². The largest absolute Gasteiger partial charge is 0.449 e. The van der Waals surface area contributed by atoms with Crippen molar-refractivity contribution in [1.82, 2.24) is 24.6 Å². The summed E-state index contributed by atoms with van der Waals surface area (Å²) in [6.45, 7) is 7.76. The van der Waals surface area contributed by atoms with E-state index in [1.807, 2.05) is 21.0 Å². The van der Waals surface area contributed by atoms with Gasteiger partial charge < -0.3 is 19.1 Å². The number of hydrogen-bond acceptors (Lipinski definition) is 5. The highest BCUT2D eigenvalue weighted by atomic mass is 16.6. The lowest BCUT2D eigenvalue weighted by molar-refractivity contribution is 0.0921. The number of ether oxygens (including phenoxy) is 1. The van der Waals surface area contributed by atoms with Gasteiger partial charge >= 0.3 is 6.09 Å². The van der Waals surface area contributed by atoms with Gasteiger partial charge in [-0.05, 0) is 40.3 Å². The Bertz CT molecular complexity index is 507. The summed E-state index contributed by atoms with van der Waals surface area (Å²) >= 11 is 0. The minimum absolute atomic E-state index is 0.185. The van der Waals surface area contributed by atoms with Gasteiger partial charge in [-0.1, -0.05) is 6.92 Å². The fourth-order valence-electron chi connectivity index (χ4n) is 3.00. The Labute approximate surface area is 138 Å². The molecule has 0 aliphatic carbocycles. The van der Waals surface area contributed by atoms with E-state index in [9.17, 15) is 4.79 Å².